The molecule has 2 heterocycles. The van der Waals surface area contributed by atoms with Crippen LogP contribution in [0.2, 0.25) is 0 Å². The van der Waals surface area contributed by atoms with Crippen LogP contribution >= 0.6 is 0 Å². The van der Waals surface area contributed by atoms with Gasteiger partial charge in [-0.2, -0.15) is 5.10 Å². The molecular weight excluding hydrogens is 276 g/mol. The number of fused-ring (bicyclic) bond motifs is 1. The Morgan fingerprint density at radius 3 is 3.00 bits per heavy atom. The van der Waals surface area contributed by atoms with Crippen LogP contribution in [0.15, 0.2) is 12.3 Å². The number of nitrogens with one attached hydrogen (secondary N) is 1. The van der Waals surface area contributed by atoms with Gasteiger partial charge in [-0.25, -0.2) is 9.50 Å². The predicted molar refractivity (Wildman–Crippen MR) is 86.8 cm³/mol. The van der Waals surface area contributed by atoms with Crippen LogP contribution in [0.4, 0.5) is 0 Å². The molecule has 1 saturated carbocycles. The first-order valence-corrected chi connectivity index (χ1v) is 8.28. The molecule has 2 aromatic heterocycles. The van der Waals surface area contributed by atoms with Crippen molar-refractivity contribution in [1.82, 2.24) is 19.9 Å². The highest BCUT2D eigenvalue weighted by molar-refractivity contribution is 5.42. The van der Waals surface area contributed by atoms with E-state index in [9.17, 15) is 5.11 Å². The quantitative estimate of drug-likeness (QED) is 0.911. The molecule has 1 fully saturated rings. The van der Waals surface area contributed by atoms with Crippen LogP contribution in [0.1, 0.15) is 55.6 Å². The Balaban J connectivity index is 1.69. The summed E-state index contributed by atoms with van der Waals surface area (Å²) in [5.41, 5.74) is 4.22. The zero-order chi connectivity index (χ0) is 15.7. The fourth-order valence-electron chi connectivity index (χ4n) is 3.50. The van der Waals surface area contributed by atoms with E-state index in [0.29, 0.717) is 5.92 Å². The van der Waals surface area contributed by atoms with Crippen LogP contribution in [0.3, 0.4) is 0 Å². The van der Waals surface area contributed by atoms with Gasteiger partial charge in [-0.3, -0.25) is 0 Å². The summed E-state index contributed by atoms with van der Waals surface area (Å²) >= 11 is 0. The fourth-order valence-corrected chi connectivity index (χ4v) is 3.50. The molecule has 5 heteroatoms. The highest BCUT2D eigenvalue weighted by Crippen LogP contribution is 2.25. The van der Waals surface area contributed by atoms with Gasteiger partial charge in [0.15, 0.2) is 5.65 Å². The lowest BCUT2D eigenvalue weighted by Crippen LogP contribution is -2.31. The lowest BCUT2D eigenvalue weighted by molar-refractivity contribution is 0.0998. The zero-order valence-corrected chi connectivity index (χ0v) is 13.7. The number of aromatic nitrogens is 3. The maximum atomic E-state index is 9.78. The van der Waals surface area contributed by atoms with Crippen molar-refractivity contribution in [3.05, 3.63) is 29.2 Å². The van der Waals surface area contributed by atoms with Crippen molar-refractivity contribution in [2.24, 2.45) is 5.92 Å². The van der Waals surface area contributed by atoms with E-state index in [1.165, 1.54) is 12.0 Å². The van der Waals surface area contributed by atoms with Gasteiger partial charge in [0.2, 0.25) is 0 Å². The summed E-state index contributed by atoms with van der Waals surface area (Å²) in [4.78, 5) is 4.51. The smallest absolute Gasteiger partial charge is 0.155 e. The zero-order valence-electron chi connectivity index (χ0n) is 13.7. The van der Waals surface area contributed by atoms with Crippen molar-refractivity contribution in [2.45, 2.75) is 58.6 Å². The molecule has 0 aliphatic heterocycles. The van der Waals surface area contributed by atoms with Gasteiger partial charge in [-0.15, -0.1) is 0 Å². The predicted octanol–water partition coefficient (Wildman–Crippen LogP) is 2.55. The minimum atomic E-state index is -0.109. The van der Waals surface area contributed by atoms with E-state index in [1.807, 2.05) is 23.7 Å². The first-order valence-electron chi connectivity index (χ1n) is 8.28. The Labute approximate surface area is 131 Å². The first-order chi connectivity index (χ1) is 10.5. The Morgan fingerprint density at radius 2 is 2.23 bits per heavy atom. The van der Waals surface area contributed by atoms with Gasteiger partial charge in [0, 0.05) is 29.6 Å². The topological polar surface area (TPSA) is 62.5 Å². The minimum Gasteiger partial charge on any atom is -0.393 e. The van der Waals surface area contributed by atoms with Gasteiger partial charge in [0.25, 0.3) is 0 Å². The summed E-state index contributed by atoms with van der Waals surface area (Å²) in [7, 11) is 0. The Morgan fingerprint density at radius 1 is 1.41 bits per heavy atom. The number of aliphatic hydroxyl groups excluding tert-OH is 1. The molecule has 0 amide bonds. The molecule has 5 nitrogen and oxygen atoms in total. The van der Waals surface area contributed by atoms with Crippen LogP contribution in [-0.2, 0) is 0 Å². The molecule has 2 aromatic rings. The maximum Gasteiger partial charge on any atom is 0.155 e. The summed E-state index contributed by atoms with van der Waals surface area (Å²) < 4.78 is 1.92. The third-order valence-corrected chi connectivity index (χ3v) is 4.82. The molecule has 0 spiro atoms. The number of aliphatic hydroxyl groups is 1. The summed E-state index contributed by atoms with van der Waals surface area (Å²) in [6.07, 6.45) is 6.09. The molecular formula is C17H26N4O. The lowest BCUT2D eigenvalue weighted by atomic mass is 9.87. The van der Waals surface area contributed by atoms with Crippen molar-refractivity contribution in [2.75, 3.05) is 6.54 Å². The third-order valence-electron chi connectivity index (χ3n) is 4.82. The van der Waals surface area contributed by atoms with Crippen molar-refractivity contribution in [3.8, 4) is 0 Å². The molecule has 3 rings (SSSR count). The van der Waals surface area contributed by atoms with E-state index in [-0.39, 0.29) is 12.1 Å². The van der Waals surface area contributed by atoms with Crippen molar-refractivity contribution in [3.63, 3.8) is 0 Å². The molecule has 3 unspecified atom stereocenters. The number of rotatable bonds is 4. The van der Waals surface area contributed by atoms with Gasteiger partial charge < -0.3 is 10.4 Å². The maximum absolute atomic E-state index is 9.78. The number of nitrogens with zero attached hydrogens (tertiary/aromatic N) is 3. The third kappa shape index (κ3) is 3.15. The normalized spacial score (nSPS) is 23.8. The van der Waals surface area contributed by atoms with Gasteiger partial charge in [-0.05, 0) is 52.5 Å². The molecule has 0 bridgehead atoms. The van der Waals surface area contributed by atoms with Crippen LogP contribution in [-0.4, -0.2) is 32.4 Å². The van der Waals surface area contributed by atoms with E-state index in [1.54, 1.807) is 0 Å². The number of hydrogen-bond donors (Lipinski definition) is 2. The highest BCUT2D eigenvalue weighted by atomic mass is 16.3. The van der Waals surface area contributed by atoms with Crippen LogP contribution < -0.4 is 5.32 Å². The second-order valence-corrected chi connectivity index (χ2v) is 6.67. The SMILES string of the molecule is Cc1cc2ncc(C(C)NCC3CCCC(O)C3)c(C)n2n1. The second kappa shape index (κ2) is 6.34. The van der Waals surface area contributed by atoms with E-state index in [4.69, 9.17) is 0 Å². The first kappa shape index (κ1) is 15.4. The molecule has 120 valence electrons. The van der Waals surface area contributed by atoms with Gasteiger partial charge in [0.1, 0.15) is 0 Å². The van der Waals surface area contributed by atoms with Crippen molar-refractivity contribution >= 4 is 5.65 Å². The lowest BCUT2D eigenvalue weighted by Gasteiger charge is -2.27. The van der Waals surface area contributed by atoms with E-state index < -0.39 is 0 Å². The molecule has 1 aliphatic rings. The fraction of sp³-hybridized carbons (Fsp3) is 0.647. The van der Waals surface area contributed by atoms with Gasteiger partial charge in [0.05, 0.1) is 11.8 Å². The largest absolute Gasteiger partial charge is 0.393 e. The van der Waals surface area contributed by atoms with Gasteiger partial charge in [-0.1, -0.05) is 6.42 Å². The second-order valence-electron chi connectivity index (χ2n) is 6.67. The molecule has 0 radical (unpaired) electrons. The molecule has 0 saturated heterocycles. The average Bonchev–Trinajstić information content (AvgIpc) is 2.87. The summed E-state index contributed by atoms with van der Waals surface area (Å²) in [5.74, 6) is 0.579. The van der Waals surface area contributed by atoms with Crippen molar-refractivity contribution in [1.29, 1.82) is 0 Å². The van der Waals surface area contributed by atoms with E-state index >= 15 is 0 Å². The summed E-state index contributed by atoms with van der Waals surface area (Å²) in [6, 6.07) is 2.23. The summed E-state index contributed by atoms with van der Waals surface area (Å²) in [5, 5.41) is 17.9. The Kier molecular flexibility index (Phi) is 4.45. The van der Waals surface area contributed by atoms with E-state index in [0.717, 1.165) is 42.8 Å². The number of hydrogen-bond acceptors (Lipinski definition) is 4. The Hall–Kier alpha value is -1.46. The van der Waals surface area contributed by atoms with Gasteiger partial charge >= 0.3 is 0 Å². The summed E-state index contributed by atoms with van der Waals surface area (Å²) in [6.45, 7) is 7.21. The minimum absolute atomic E-state index is 0.109. The van der Waals surface area contributed by atoms with Crippen LogP contribution in [0.25, 0.3) is 5.65 Å². The van der Waals surface area contributed by atoms with E-state index in [2.05, 4.69) is 29.2 Å². The number of aryl methyl sites for hydroxylation is 2. The molecule has 3 atom stereocenters. The highest BCUT2D eigenvalue weighted by Gasteiger charge is 2.21. The average molecular weight is 302 g/mol. The Bertz CT molecular complexity index is 651. The van der Waals surface area contributed by atoms with Crippen molar-refractivity contribution < 1.29 is 5.11 Å². The standard InChI is InChI=1S/C17H26N4O/c1-11-7-17-19-10-16(13(3)21(17)20-11)12(2)18-9-14-5-4-6-15(22)8-14/h7,10,12,14-15,18,22H,4-6,8-9H2,1-3H3. The van der Waals surface area contributed by atoms with Crippen LogP contribution in [0, 0.1) is 19.8 Å². The molecule has 1 aliphatic carbocycles. The molecule has 2 N–H and O–H groups in total. The monoisotopic (exact) mass is 302 g/mol. The molecule has 22 heavy (non-hydrogen) atoms. The molecule has 0 aromatic carbocycles. The van der Waals surface area contributed by atoms with Crippen LogP contribution in [0.5, 0.6) is 0 Å².